The van der Waals surface area contributed by atoms with Crippen molar-refractivity contribution in [3.8, 4) is 0 Å². The standard InChI is InChI=1S/C11H14BrN3S2/c1-7-9(4-13)17-11(14-7)15(2)5-8-3-10(12)16-6-8/h3,6H,4-5,13H2,1-2H3. The lowest BCUT2D eigenvalue weighted by Gasteiger charge is -2.14. The summed E-state index contributed by atoms with van der Waals surface area (Å²) < 4.78 is 1.17. The van der Waals surface area contributed by atoms with Crippen LogP contribution in [0.3, 0.4) is 0 Å². The summed E-state index contributed by atoms with van der Waals surface area (Å²) >= 11 is 6.86. The SMILES string of the molecule is Cc1nc(N(C)Cc2csc(Br)c2)sc1CN. The Bertz CT molecular complexity index is 507. The van der Waals surface area contributed by atoms with Crippen LogP contribution in [0.2, 0.25) is 0 Å². The molecule has 0 unspecified atom stereocenters. The zero-order chi connectivity index (χ0) is 12.4. The Morgan fingerprint density at radius 2 is 2.29 bits per heavy atom. The van der Waals surface area contributed by atoms with E-state index in [-0.39, 0.29) is 0 Å². The van der Waals surface area contributed by atoms with Gasteiger partial charge in [0.05, 0.1) is 9.48 Å². The van der Waals surface area contributed by atoms with Gasteiger partial charge in [0.1, 0.15) is 0 Å². The fraction of sp³-hybridized carbons (Fsp3) is 0.364. The molecular formula is C11H14BrN3S2. The van der Waals surface area contributed by atoms with Gasteiger partial charge >= 0.3 is 0 Å². The van der Waals surface area contributed by atoms with E-state index >= 15 is 0 Å². The van der Waals surface area contributed by atoms with Gasteiger partial charge in [-0.2, -0.15) is 0 Å². The summed E-state index contributed by atoms with van der Waals surface area (Å²) in [7, 11) is 2.06. The van der Waals surface area contributed by atoms with Gasteiger partial charge in [-0.3, -0.25) is 0 Å². The number of thiophene rings is 1. The second-order valence-electron chi connectivity index (χ2n) is 3.82. The van der Waals surface area contributed by atoms with Crippen molar-refractivity contribution in [2.75, 3.05) is 11.9 Å². The molecule has 0 saturated heterocycles. The van der Waals surface area contributed by atoms with Crippen molar-refractivity contribution in [2.45, 2.75) is 20.0 Å². The van der Waals surface area contributed by atoms with Crippen molar-refractivity contribution in [3.05, 3.63) is 31.4 Å². The van der Waals surface area contributed by atoms with Crippen LogP contribution in [0, 0.1) is 6.92 Å². The lowest BCUT2D eigenvalue weighted by molar-refractivity contribution is 0.913. The minimum atomic E-state index is 0.571. The maximum absolute atomic E-state index is 5.67. The van der Waals surface area contributed by atoms with Gasteiger partial charge in [0.2, 0.25) is 0 Å². The van der Waals surface area contributed by atoms with E-state index in [1.807, 2.05) is 6.92 Å². The molecule has 2 aromatic heterocycles. The Balaban J connectivity index is 2.11. The van der Waals surface area contributed by atoms with Crippen LogP contribution in [0.4, 0.5) is 5.13 Å². The van der Waals surface area contributed by atoms with E-state index in [1.54, 1.807) is 22.7 Å². The van der Waals surface area contributed by atoms with Crippen LogP contribution in [0.5, 0.6) is 0 Å². The Morgan fingerprint density at radius 3 is 2.82 bits per heavy atom. The average molecular weight is 332 g/mol. The van der Waals surface area contributed by atoms with E-state index in [4.69, 9.17) is 5.73 Å². The van der Waals surface area contributed by atoms with Gasteiger partial charge in [-0.25, -0.2) is 4.98 Å². The molecule has 0 aromatic carbocycles. The first-order valence-corrected chi connectivity index (χ1v) is 7.69. The molecule has 0 amide bonds. The summed E-state index contributed by atoms with van der Waals surface area (Å²) in [5, 5.41) is 3.19. The minimum absolute atomic E-state index is 0.571. The Kier molecular flexibility index (Phi) is 4.19. The van der Waals surface area contributed by atoms with Crippen LogP contribution >= 0.6 is 38.6 Å². The highest BCUT2D eigenvalue weighted by molar-refractivity contribution is 9.11. The van der Waals surface area contributed by atoms with Gasteiger partial charge in [0, 0.05) is 25.0 Å². The molecule has 17 heavy (non-hydrogen) atoms. The topological polar surface area (TPSA) is 42.2 Å². The largest absolute Gasteiger partial charge is 0.347 e. The summed E-state index contributed by atoms with van der Waals surface area (Å²) in [6.45, 7) is 3.46. The number of rotatable bonds is 4. The van der Waals surface area contributed by atoms with Crippen LogP contribution in [-0.4, -0.2) is 12.0 Å². The smallest absolute Gasteiger partial charge is 0.185 e. The minimum Gasteiger partial charge on any atom is -0.347 e. The Labute approximate surface area is 117 Å². The van der Waals surface area contributed by atoms with Crippen molar-refractivity contribution in [3.63, 3.8) is 0 Å². The third-order valence-electron chi connectivity index (χ3n) is 2.43. The first-order valence-electron chi connectivity index (χ1n) is 5.20. The van der Waals surface area contributed by atoms with Gasteiger partial charge in [0.15, 0.2) is 5.13 Å². The van der Waals surface area contributed by atoms with Gasteiger partial charge in [-0.05, 0) is 39.9 Å². The predicted molar refractivity (Wildman–Crippen MR) is 78.9 cm³/mol. The first-order chi connectivity index (χ1) is 8.10. The average Bonchev–Trinajstić information content (AvgIpc) is 2.85. The summed E-state index contributed by atoms with van der Waals surface area (Å²) in [5.41, 5.74) is 8.01. The first kappa shape index (κ1) is 13.0. The van der Waals surface area contributed by atoms with Crippen LogP contribution in [0.15, 0.2) is 15.2 Å². The molecule has 0 spiro atoms. The number of thiazole rings is 1. The quantitative estimate of drug-likeness (QED) is 0.933. The lowest BCUT2D eigenvalue weighted by Crippen LogP contribution is -2.15. The molecule has 2 aromatic rings. The number of nitrogens with zero attached hydrogens (tertiary/aromatic N) is 2. The van der Waals surface area contributed by atoms with Gasteiger partial charge in [-0.1, -0.05) is 0 Å². The van der Waals surface area contributed by atoms with Crippen LogP contribution in [0.1, 0.15) is 16.1 Å². The lowest BCUT2D eigenvalue weighted by atomic mass is 10.3. The number of nitrogens with two attached hydrogens (primary N) is 1. The molecule has 2 heterocycles. The van der Waals surface area contributed by atoms with Crippen molar-refractivity contribution in [1.82, 2.24) is 4.98 Å². The highest BCUT2D eigenvalue weighted by atomic mass is 79.9. The van der Waals surface area contributed by atoms with E-state index in [2.05, 4.69) is 44.3 Å². The van der Waals surface area contributed by atoms with Crippen molar-refractivity contribution in [2.24, 2.45) is 5.73 Å². The van der Waals surface area contributed by atoms with Crippen molar-refractivity contribution >= 4 is 43.7 Å². The summed E-state index contributed by atoms with van der Waals surface area (Å²) in [6.07, 6.45) is 0. The maximum Gasteiger partial charge on any atom is 0.185 e. The maximum atomic E-state index is 5.67. The van der Waals surface area contributed by atoms with Crippen LogP contribution in [-0.2, 0) is 13.1 Å². The summed E-state index contributed by atoms with van der Waals surface area (Å²) in [5.74, 6) is 0. The Morgan fingerprint density at radius 1 is 1.53 bits per heavy atom. The highest BCUT2D eigenvalue weighted by Crippen LogP contribution is 2.27. The monoisotopic (exact) mass is 331 g/mol. The molecule has 3 nitrogen and oxygen atoms in total. The third-order valence-corrected chi connectivity index (χ3v) is 5.28. The molecule has 0 aliphatic carbocycles. The fourth-order valence-electron chi connectivity index (χ4n) is 1.54. The zero-order valence-corrected chi connectivity index (χ0v) is 13.0. The molecular weight excluding hydrogens is 318 g/mol. The van der Waals surface area contributed by atoms with Crippen molar-refractivity contribution < 1.29 is 0 Å². The Hall–Kier alpha value is -0.430. The number of halogens is 1. The van der Waals surface area contributed by atoms with E-state index < -0.39 is 0 Å². The second kappa shape index (κ2) is 5.48. The third kappa shape index (κ3) is 3.07. The molecule has 0 atom stereocenters. The summed E-state index contributed by atoms with van der Waals surface area (Å²) in [4.78, 5) is 7.86. The molecule has 0 aliphatic rings. The molecule has 2 rings (SSSR count). The van der Waals surface area contributed by atoms with E-state index in [0.717, 1.165) is 17.4 Å². The molecule has 2 N–H and O–H groups in total. The number of hydrogen-bond donors (Lipinski definition) is 1. The second-order valence-corrected chi connectivity index (χ2v) is 7.18. The fourth-order valence-corrected chi connectivity index (χ4v) is 3.64. The van der Waals surface area contributed by atoms with Gasteiger partial charge in [0.25, 0.3) is 0 Å². The van der Waals surface area contributed by atoms with Crippen LogP contribution < -0.4 is 10.6 Å². The number of aromatic nitrogens is 1. The number of anilines is 1. The van der Waals surface area contributed by atoms with E-state index in [1.165, 1.54) is 14.2 Å². The molecule has 0 aliphatic heterocycles. The molecule has 0 bridgehead atoms. The number of hydrogen-bond acceptors (Lipinski definition) is 5. The molecule has 6 heteroatoms. The number of aryl methyl sites for hydroxylation is 1. The van der Waals surface area contributed by atoms with Gasteiger partial charge < -0.3 is 10.6 Å². The zero-order valence-electron chi connectivity index (χ0n) is 9.74. The normalized spacial score (nSPS) is 10.8. The molecule has 0 fully saturated rings. The molecule has 92 valence electrons. The molecule has 0 saturated carbocycles. The van der Waals surface area contributed by atoms with Crippen molar-refractivity contribution in [1.29, 1.82) is 0 Å². The van der Waals surface area contributed by atoms with Gasteiger partial charge in [-0.15, -0.1) is 22.7 Å². The molecule has 0 radical (unpaired) electrons. The van der Waals surface area contributed by atoms with Crippen LogP contribution in [0.25, 0.3) is 0 Å². The van der Waals surface area contributed by atoms with E-state index in [0.29, 0.717) is 6.54 Å². The summed E-state index contributed by atoms with van der Waals surface area (Å²) in [6, 6.07) is 2.14. The highest BCUT2D eigenvalue weighted by Gasteiger charge is 2.11. The predicted octanol–water partition coefficient (Wildman–Crippen LogP) is 3.37. The van der Waals surface area contributed by atoms with E-state index in [9.17, 15) is 0 Å².